The van der Waals surface area contributed by atoms with Gasteiger partial charge in [-0.25, -0.2) is 8.42 Å². The summed E-state index contributed by atoms with van der Waals surface area (Å²) in [7, 11) is -3.85. The SMILES string of the molecule is CCN(CCO)C(=O)c1cccc(S(=O)(=O)Nc2cc(C)ccc2Br)c1. The first-order chi connectivity index (χ1) is 12.3. The second-order valence-electron chi connectivity index (χ2n) is 5.73. The van der Waals surface area contributed by atoms with Gasteiger partial charge in [-0.3, -0.25) is 9.52 Å². The van der Waals surface area contributed by atoms with Gasteiger partial charge in [-0.15, -0.1) is 0 Å². The maximum absolute atomic E-state index is 12.7. The molecule has 8 heteroatoms. The van der Waals surface area contributed by atoms with Crippen molar-refractivity contribution in [2.75, 3.05) is 24.4 Å². The van der Waals surface area contributed by atoms with E-state index in [0.29, 0.717) is 16.7 Å². The van der Waals surface area contributed by atoms with E-state index in [1.807, 2.05) is 13.0 Å². The number of likely N-dealkylation sites (N-methyl/N-ethyl adjacent to an activating group) is 1. The summed E-state index contributed by atoms with van der Waals surface area (Å²) < 4.78 is 28.6. The van der Waals surface area contributed by atoms with Crippen LogP contribution in [0.25, 0.3) is 0 Å². The Morgan fingerprint density at radius 1 is 1.23 bits per heavy atom. The Kier molecular flexibility index (Phi) is 6.80. The quantitative estimate of drug-likeness (QED) is 0.692. The van der Waals surface area contributed by atoms with Gasteiger partial charge in [0.1, 0.15) is 0 Å². The molecule has 2 rings (SSSR count). The van der Waals surface area contributed by atoms with Gasteiger partial charge in [-0.1, -0.05) is 12.1 Å². The number of sulfonamides is 1. The molecule has 0 aliphatic heterocycles. The molecule has 2 aromatic carbocycles. The summed E-state index contributed by atoms with van der Waals surface area (Å²) in [5, 5.41) is 9.06. The van der Waals surface area contributed by atoms with Crippen molar-refractivity contribution in [3.05, 3.63) is 58.1 Å². The number of hydrogen-bond acceptors (Lipinski definition) is 4. The normalized spacial score (nSPS) is 11.2. The summed E-state index contributed by atoms with van der Waals surface area (Å²) in [6.07, 6.45) is 0. The van der Waals surface area contributed by atoms with Crippen molar-refractivity contribution in [2.24, 2.45) is 0 Å². The van der Waals surface area contributed by atoms with Gasteiger partial charge >= 0.3 is 0 Å². The number of aryl methyl sites for hydroxylation is 1. The third-order valence-corrected chi connectivity index (χ3v) is 5.85. The monoisotopic (exact) mass is 440 g/mol. The molecule has 0 aromatic heterocycles. The average Bonchev–Trinajstić information content (AvgIpc) is 2.62. The zero-order valence-corrected chi connectivity index (χ0v) is 17.0. The van der Waals surface area contributed by atoms with Crippen LogP contribution in [-0.2, 0) is 10.0 Å². The molecule has 0 atom stereocenters. The Balaban J connectivity index is 2.33. The maximum Gasteiger partial charge on any atom is 0.261 e. The highest BCUT2D eigenvalue weighted by Crippen LogP contribution is 2.26. The van der Waals surface area contributed by atoms with Crippen molar-refractivity contribution in [1.82, 2.24) is 4.90 Å². The lowest BCUT2D eigenvalue weighted by molar-refractivity contribution is 0.0731. The van der Waals surface area contributed by atoms with Gasteiger partial charge in [-0.2, -0.15) is 0 Å². The Hall–Kier alpha value is -1.90. The van der Waals surface area contributed by atoms with Crippen LogP contribution >= 0.6 is 15.9 Å². The van der Waals surface area contributed by atoms with E-state index in [2.05, 4.69) is 20.7 Å². The molecule has 0 fully saturated rings. The van der Waals surface area contributed by atoms with Gasteiger partial charge in [0.2, 0.25) is 0 Å². The zero-order chi connectivity index (χ0) is 19.3. The molecule has 26 heavy (non-hydrogen) atoms. The van der Waals surface area contributed by atoms with Crippen LogP contribution in [0.5, 0.6) is 0 Å². The Bertz CT molecular complexity index is 900. The molecule has 0 aliphatic carbocycles. The van der Waals surface area contributed by atoms with Crippen LogP contribution in [0.4, 0.5) is 5.69 Å². The van der Waals surface area contributed by atoms with Crippen molar-refractivity contribution in [3.63, 3.8) is 0 Å². The van der Waals surface area contributed by atoms with Crippen molar-refractivity contribution >= 4 is 37.5 Å². The Morgan fingerprint density at radius 2 is 1.96 bits per heavy atom. The molecule has 140 valence electrons. The van der Waals surface area contributed by atoms with E-state index in [9.17, 15) is 13.2 Å². The van der Waals surface area contributed by atoms with Crippen LogP contribution in [0.15, 0.2) is 51.8 Å². The van der Waals surface area contributed by atoms with Crippen molar-refractivity contribution in [3.8, 4) is 0 Å². The summed E-state index contributed by atoms with van der Waals surface area (Å²) in [6.45, 7) is 4.13. The van der Waals surface area contributed by atoms with Crippen molar-refractivity contribution < 1.29 is 18.3 Å². The molecule has 0 unspecified atom stereocenters. The van der Waals surface area contributed by atoms with Crippen LogP contribution in [0.2, 0.25) is 0 Å². The summed E-state index contributed by atoms with van der Waals surface area (Å²) >= 11 is 3.33. The van der Waals surface area contributed by atoms with Gasteiger partial charge in [0.25, 0.3) is 15.9 Å². The van der Waals surface area contributed by atoms with E-state index in [-0.39, 0.29) is 29.5 Å². The molecule has 0 heterocycles. The van der Waals surface area contributed by atoms with Crippen LogP contribution in [0.3, 0.4) is 0 Å². The number of anilines is 1. The van der Waals surface area contributed by atoms with Gasteiger partial charge in [0.05, 0.1) is 17.2 Å². The molecule has 1 amide bonds. The number of halogens is 1. The number of nitrogens with one attached hydrogen (secondary N) is 1. The number of aliphatic hydroxyl groups is 1. The minimum Gasteiger partial charge on any atom is -0.395 e. The minimum atomic E-state index is -3.85. The lowest BCUT2D eigenvalue weighted by Gasteiger charge is -2.20. The number of nitrogens with zero attached hydrogens (tertiary/aromatic N) is 1. The second kappa shape index (κ2) is 8.66. The number of carbonyl (C=O) groups excluding carboxylic acids is 1. The number of carbonyl (C=O) groups is 1. The van der Waals surface area contributed by atoms with Crippen LogP contribution < -0.4 is 4.72 Å². The number of hydrogen-bond donors (Lipinski definition) is 2. The molecule has 0 radical (unpaired) electrons. The first-order valence-electron chi connectivity index (χ1n) is 8.07. The summed E-state index contributed by atoms with van der Waals surface area (Å²) in [5.74, 6) is -0.324. The standard InChI is InChI=1S/C18H21BrN2O4S/c1-3-21(9-10-22)18(23)14-5-4-6-15(12-14)26(24,25)20-17-11-13(2)7-8-16(17)19/h4-8,11-12,20,22H,3,9-10H2,1-2H3. The molecule has 0 aliphatic rings. The average molecular weight is 441 g/mol. The number of aliphatic hydroxyl groups excluding tert-OH is 1. The van der Waals surface area contributed by atoms with E-state index in [4.69, 9.17) is 5.11 Å². The van der Waals surface area contributed by atoms with Crippen molar-refractivity contribution in [1.29, 1.82) is 0 Å². The third kappa shape index (κ3) is 4.84. The van der Waals surface area contributed by atoms with Crippen LogP contribution in [0.1, 0.15) is 22.8 Å². The van der Waals surface area contributed by atoms with E-state index >= 15 is 0 Å². The number of amides is 1. The summed E-state index contributed by atoms with van der Waals surface area (Å²) in [4.78, 5) is 13.9. The number of benzene rings is 2. The zero-order valence-electron chi connectivity index (χ0n) is 14.6. The second-order valence-corrected chi connectivity index (χ2v) is 8.26. The fourth-order valence-electron chi connectivity index (χ4n) is 2.42. The van der Waals surface area contributed by atoms with E-state index in [0.717, 1.165) is 5.56 Å². The van der Waals surface area contributed by atoms with E-state index in [1.54, 1.807) is 25.1 Å². The van der Waals surface area contributed by atoms with E-state index in [1.165, 1.54) is 23.1 Å². The number of rotatable bonds is 7. The minimum absolute atomic E-state index is 0.00296. The predicted molar refractivity (Wildman–Crippen MR) is 105 cm³/mol. The van der Waals surface area contributed by atoms with Gasteiger partial charge in [0.15, 0.2) is 0 Å². The highest BCUT2D eigenvalue weighted by atomic mass is 79.9. The molecule has 0 spiro atoms. The van der Waals surface area contributed by atoms with Gasteiger partial charge in [0, 0.05) is 23.1 Å². The third-order valence-electron chi connectivity index (χ3n) is 3.80. The topological polar surface area (TPSA) is 86.7 Å². The highest BCUT2D eigenvalue weighted by Gasteiger charge is 2.19. The molecular formula is C18H21BrN2O4S. The molecular weight excluding hydrogens is 420 g/mol. The smallest absolute Gasteiger partial charge is 0.261 e. The summed E-state index contributed by atoms with van der Waals surface area (Å²) in [5.41, 5.74) is 1.60. The lowest BCUT2D eigenvalue weighted by Crippen LogP contribution is -2.33. The lowest BCUT2D eigenvalue weighted by atomic mass is 10.2. The van der Waals surface area contributed by atoms with E-state index < -0.39 is 10.0 Å². The van der Waals surface area contributed by atoms with Crippen molar-refractivity contribution in [2.45, 2.75) is 18.7 Å². The highest BCUT2D eigenvalue weighted by molar-refractivity contribution is 9.10. The molecule has 0 saturated heterocycles. The van der Waals surface area contributed by atoms with Gasteiger partial charge in [-0.05, 0) is 65.7 Å². The predicted octanol–water partition coefficient (Wildman–Crippen LogP) is 3.01. The first kappa shape index (κ1) is 20.4. The summed E-state index contributed by atoms with van der Waals surface area (Å²) in [6, 6.07) is 11.2. The Morgan fingerprint density at radius 3 is 2.62 bits per heavy atom. The van der Waals surface area contributed by atoms with Crippen LogP contribution in [0, 0.1) is 6.92 Å². The van der Waals surface area contributed by atoms with Gasteiger partial charge < -0.3 is 10.0 Å². The molecule has 2 N–H and O–H groups in total. The fraction of sp³-hybridized carbons (Fsp3) is 0.278. The van der Waals surface area contributed by atoms with Crippen LogP contribution in [-0.4, -0.2) is 44.0 Å². The molecule has 2 aromatic rings. The fourth-order valence-corrected chi connectivity index (χ4v) is 4.02. The molecule has 0 saturated carbocycles. The molecule has 6 nitrogen and oxygen atoms in total. The maximum atomic E-state index is 12.7. The largest absolute Gasteiger partial charge is 0.395 e. The first-order valence-corrected chi connectivity index (χ1v) is 10.3. The Labute approximate surface area is 162 Å². The molecule has 0 bridgehead atoms.